The number of carbonyl (C=O) groups is 1. The lowest BCUT2D eigenvalue weighted by Crippen LogP contribution is -2.14. The van der Waals surface area contributed by atoms with E-state index in [1.165, 1.54) is 0 Å². The number of benzene rings is 1. The maximum Gasteiger partial charge on any atom is 0.252 e. The Kier molecular flexibility index (Phi) is 1.73. The predicted octanol–water partition coefficient (Wildman–Crippen LogP) is 0.880. The van der Waals surface area contributed by atoms with E-state index < -0.39 is 5.91 Å². The third-order valence-corrected chi connectivity index (χ3v) is 1.79. The lowest BCUT2D eigenvalue weighted by Gasteiger charge is -2.13. The predicted molar refractivity (Wildman–Crippen MR) is 48.6 cm³/mol. The molecule has 2 rings (SSSR count). The van der Waals surface area contributed by atoms with Gasteiger partial charge in [-0.3, -0.25) is 9.79 Å². The van der Waals surface area contributed by atoms with Crippen LogP contribution in [0.2, 0.25) is 0 Å². The van der Waals surface area contributed by atoms with E-state index in [-0.39, 0.29) is 0 Å². The first-order chi connectivity index (χ1) is 6.29. The molecule has 2 N–H and O–H groups in total. The molecule has 0 bridgehead atoms. The van der Waals surface area contributed by atoms with Crippen molar-refractivity contribution in [1.82, 2.24) is 0 Å². The summed E-state index contributed by atoms with van der Waals surface area (Å²) in [5, 5.41) is 0. The maximum absolute atomic E-state index is 11.0. The summed E-state index contributed by atoms with van der Waals surface area (Å²) in [6.45, 7) is 0.386. The molecule has 1 aromatic carbocycles. The molecule has 0 aliphatic carbocycles. The van der Waals surface area contributed by atoms with E-state index >= 15 is 0 Å². The van der Waals surface area contributed by atoms with Crippen molar-refractivity contribution in [1.29, 1.82) is 0 Å². The number of primary amides is 1. The Morgan fingerprint density at radius 3 is 3.15 bits per heavy atom. The molecule has 0 fully saturated rings. The number of ether oxygens (including phenoxy) is 1. The third-order valence-electron chi connectivity index (χ3n) is 1.79. The molecule has 0 saturated carbocycles. The number of hydrogen-bond donors (Lipinski definition) is 1. The highest BCUT2D eigenvalue weighted by atomic mass is 16.5. The van der Waals surface area contributed by atoms with Crippen LogP contribution in [-0.4, -0.2) is 18.7 Å². The molecule has 4 nitrogen and oxygen atoms in total. The van der Waals surface area contributed by atoms with E-state index in [0.717, 1.165) is 0 Å². The van der Waals surface area contributed by atoms with Gasteiger partial charge in [0.15, 0.2) is 5.75 Å². The summed E-state index contributed by atoms with van der Waals surface area (Å²) in [6.07, 6.45) is 1.65. The third kappa shape index (κ3) is 1.26. The summed E-state index contributed by atoms with van der Waals surface area (Å²) < 4.78 is 5.27. The highest BCUT2D eigenvalue weighted by Gasteiger charge is 2.14. The number of fused-ring (bicyclic) bond motifs is 1. The quantitative estimate of drug-likeness (QED) is 0.690. The summed E-state index contributed by atoms with van der Waals surface area (Å²) >= 11 is 0. The van der Waals surface area contributed by atoms with Crippen molar-refractivity contribution in [3.8, 4) is 5.75 Å². The monoisotopic (exact) mass is 176 g/mol. The SMILES string of the molecule is NC(=O)c1cccc2c1OCC=N2. The van der Waals surface area contributed by atoms with Gasteiger partial charge in [-0.1, -0.05) is 6.07 Å². The molecule has 0 spiro atoms. The van der Waals surface area contributed by atoms with Crippen LogP contribution in [0.3, 0.4) is 0 Å². The van der Waals surface area contributed by atoms with Crippen molar-refractivity contribution in [2.75, 3.05) is 6.61 Å². The summed E-state index contributed by atoms with van der Waals surface area (Å²) in [5.41, 5.74) is 6.21. The Morgan fingerprint density at radius 1 is 1.54 bits per heavy atom. The summed E-state index contributed by atoms with van der Waals surface area (Å²) in [7, 11) is 0. The van der Waals surface area contributed by atoms with E-state index in [0.29, 0.717) is 23.6 Å². The largest absolute Gasteiger partial charge is 0.485 e. The summed E-state index contributed by atoms with van der Waals surface area (Å²) in [6, 6.07) is 5.13. The van der Waals surface area contributed by atoms with Gasteiger partial charge in [0.05, 0.1) is 5.56 Å². The fourth-order valence-corrected chi connectivity index (χ4v) is 1.23. The smallest absolute Gasteiger partial charge is 0.252 e. The number of nitrogens with two attached hydrogens (primary N) is 1. The van der Waals surface area contributed by atoms with E-state index in [2.05, 4.69) is 4.99 Å². The summed E-state index contributed by atoms with van der Waals surface area (Å²) in [5.74, 6) is -0.00792. The van der Waals surface area contributed by atoms with Crippen LogP contribution in [0, 0.1) is 0 Å². The summed E-state index contributed by atoms with van der Waals surface area (Å²) in [4.78, 5) is 15.0. The Bertz CT molecular complexity index is 385. The van der Waals surface area contributed by atoms with Crippen LogP contribution >= 0.6 is 0 Å². The van der Waals surface area contributed by atoms with Gasteiger partial charge in [-0.2, -0.15) is 0 Å². The zero-order valence-electron chi connectivity index (χ0n) is 6.86. The molecule has 0 radical (unpaired) electrons. The zero-order valence-corrected chi connectivity index (χ0v) is 6.86. The van der Waals surface area contributed by atoms with Crippen LogP contribution in [-0.2, 0) is 0 Å². The van der Waals surface area contributed by atoms with Crippen LogP contribution in [0.4, 0.5) is 5.69 Å². The molecule has 4 heteroatoms. The minimum Gasteiger partial charge on any atom is -0.485 e. The Hall–Kier alpha value is -1.84. The standard InChI is InChI=1S/C9H8N2O2/c10-9(12)6-2-1-3-7-8(6)13-5-4-11-7/h1-4H,5H2,(H2,10,12). The van der Waals surface area contributed by atoms with Crippen LogP contribution < -0.4 is 10.5 Å². The van der Waals surface area contributed by atoms with Gasteiger partial charge < -0.3 is 10.5 Å². The van der Waals surface area contributed by atoms with E-state index in [4.69, 9.17) is 10.5 Å². The molecule has 0 aromatic heterocycles. The van der Waals surface area contributed by atoms with Gasteiger partial charge in [-0.15, -0.1) is 0 Å². The number of carbonyl (C=O) groups excluding carboxylic acids is 1. The zero-order chi connectivity index (χ0) is 9.26. The first kappa shape index (κ1) is 7.79. The van der Waals surface area contributed by atoms with Crippen LogP contribution in [0.1, 0.15) is 10.4 Å². The molecule has 13 heavy (non-hydrogen) atoms. The first-order valence-corrected chi connectivity index (χ1v) is 3.87. The molecule has 0 unspecified atom stereocenters. The molecule has 1 heterocycles. The van der Waals surface area contributed by atoms with Crippen molar-refractivity contribution >= 4 is 17.8 Å². The molecule has 1 aliphatic heterocycles. The minimum absolute atomic E-state index is 0.384. The van der Waals surface area contributed by atoms with Gasteiger partial charge in [0.2, 0.25) is 0 Å². The number of para-hydroxylation sites is 1. The average molecular weight is 176 g/mol. The first-order valence-electron chi connectivity index (χ1n) is 3.87. The second-order valence-electron chi connectivity index (χ2n) is 2.64. The second-order valence-corrected chi connectivity index (χ2v) is 2.64. The van der Waals surface area contributed by atoms with E-state index in [1.807, 2.05) is 0 Å². The number of aliphatic imine (C=N–C) groups is 1. The normalized spacial score (nSPS) is 13.2. The van der Waals surface area contributed by atoms with Crippen LogP contribution in [0.15, 0.2) is 23.2 Å². The van der Waals surface area contributed by atoms with Crippen molar-refractivity contribution in [2.45, 2.75) is 0 Å². The lowest BCUT2D eigenvalue weighted by molar-refractivity contribution is 0.0997. The topological polar surface area (TPSA) is 64.7 Å². The number of nitrogens with zero attached hydrogens (tertiary/aromatic N) is 1. The van der Waals surface area contributed by atoms with E-state index in [1.54, 1.807) is 24.4 Å². The molecular formula is C9H8N2O2. The molecule has 0 atom stereocenters. The highest BCUT2D eigenvalue weighted by Crippen LogP contribution is 2.32. The maximum atomic E-state index is 11.0. The average Bonchev–Trinajstić information content (AvgIpc) is 2.17. The van der Waals surface area contributed by atoms with Crippen molar-refractivity contribution in [3.05, 3.63) is 23.8 Å². The van der Waals surface area contributed by atoms with Crippen LogP contribution in [0.25, 0.3) is 0 Å². The van der Waals surface area contributed by atoms with Crippen molar-refractivity contribution in [2.24, 2.45) is 10.7 Å². The Morgan fingerprint density at radius 2 is 2.38 bits per heavy atom. The lowest BCUT2D eigenvalue weighted by atomic mass is 10.1. The van der Waals surface area contributed by atoms with Crippen molar-refractivity contribution in [3.63, 3.8) is 0 Å². The molecule has 1 aromatic rings. The van der Waals surface area contributed by atoms with Crippen LogP contribution in [0.5, 0.6) is 5.75 Å². The van der Waals surface area contributed by atoms with Gasteiger partial charge in [-0.25, -0.2) is 0 Å². The molecule has 1 aliphatic rings. The molecule has 1 amide bonds. The van der Waals surface area contributed by atoms with Gasteiger partial charge >= 0.3 is 0 Å². The Balaban J connectivity index is 2.59. The number of amides is 1. The number of hydrogen-bond acceptors (Lipinski definition) is 3. The molecular weight excluding hydrogens is 168 g/mol. The molecule has 0 saturated heterocycles. The number of rotatable bonds is 1. The highest BCUT2D eigenvalue weighted by molar-refractivity contribution is 5.98. The van der Waals surface area contributed by atoms with Gasteiger partial charge in [0.25, 0.3) is 5.91 Å². The fraction of sp³-hybridized carbons (Fsp3) is 0.111. The fourth-order valence-electron chi connectivity index (χ4n) is 1.23. The van der Waals surface area contributed by atoms with Gasteiger partial charge in [0, 0.05) is 6.21 Å². The second kappa shape index (κ2) is 2.90. The van der Waals surface area contributed by atoms with Gasteiger partial charge in [0.1, 0.15) is 12.3 Å². The van der Waals surface area contributed by atoms with E-state index in [9.17, 15) is 4.79 Å². The van der Waals surface area contributed by atoms with Gasteiger partial charge in [-0.05, 0) is 12.1 Å². The minimum atomic E-state index is -0.492. The Labute approximate surface area is 75.0 Å². The molecule has 66 valence electrons. The van der Waals surface area contributed by atoms with Crippen molar-refractivity contribution < 1.29 is 9.53 Å².